The molecule has 10 heteroatoms. The third-order valence-electron chi connectivity index (χ3n) is 5.19. The number of hydrogen-bond acceptors (Lipinski definition) is 5. The van der Waals surface area contributed by atoms with Crippen molar-refractivity contribution in [3.05, 3.63) is 63.1 Å². The van der Waals surface area contributed by atoms with Gasteiger partial charge in [0, 0.05) is 29.2 Å². The molecular weight excluding hydrogens is 520 g/mol. The van der Waals surface area contributed by atoms with Crippen molar-refractivity contribution in [1.82, 2.24) is 4.31 Å². The van der Waals surface area contributed by atoms with Crippen molar-refractivity contribution in [2.45, 2.75) is 25.5 Å². The minimum atomic E-state index is -3.47. The summed E-state index contributed by atoms with van der Waals surface area (Å²) in [5.74, 6) is -1.18. The highest BCUT2D eigenvalue weighted by molar-refractivity contribution is 9.10. The molecule has 1 amide bonds. The highest BCUT2D eigenvalue weighted by Crippen LogP contribution is 2.26. The van der Waals surface area contributed by atoms with Crippen LogP contribution < -0.4 is 5.32 Å². The molecule has 0 saturated carbocycles. The molecule has 1 aliphatic rings. The summed E-state index contributed by atoms with van der Waals surface area (Å²) in [5, 5.41) is 3.04. The molecule has 0 aromatic heterocycles. The molecule has 1 saturated heterocycles. The highest BCUT2D eigenvalue weighted by atomic mass is 79.9. The van der Waals surface area contributed by atoms with E-state index in [9.17, 15) is 18.0 Å². The number of rotatable bonds is 7. The SMILES string of the molecule is CCOC(=O)c1cc(NC(=O)C2CCN(S(=O)(=O)Cc3cccc(Br)c3)CC2)ccc1Cl. The van der Waals surface area contributed by atoms with Crippen molar-refractivity contribution in [3.8, 4) is 0 Å². The fourth-order valence-corrected chi connectivity index (χ4v) is 5.73. The van der Waals surface area contributed by atoms with Crippen LogP contribution in [0.2, 0.25) is 5.02 Å². The van der Waals surface area contributed by atoms with Crippen molar-refractivity contribution in [1.29, 1.82) is 0 Å². The first-order chi connectivity index (χ1) is 15.2. The van der Waals surface area contributed by atoms with Crippen LogP contribution >= 0.6 is 27.5 Å². The van der Waals surface area contributed by atoms with Crippen LogP contribution in [0.15, 0.2) is 46.9 Å². The van der Waals surface area contributed by atoms with Crippen molar-refractivity contribution < 1.29 is 22.7 Å². The van der Waals surface area contributed by atoms with Gasteiger partial charge in [0.05, 0.1) is 22.9 Å². The summed E-state index contributed by atoms with van der Waals surface area (Å²) in [6.07, 6.45) is 0.837. The number of hydrogen-bond donors (Lipinski definition) is 1. The number of carbonyl (C=O) groups excluding carboxylic acids is 2. The van der Waals surface area contributed by atoms with Crippen molar-refractivity contribution >= 4 is 55.1 Å². The van der Waals surface area contributed by atoms with Gasteiger partial charge in [-0.2, -0.15) is 0 Å². The molecule has 1 fully saturated rings. The van der Waals surface area contributed by atoms with Crippen LogP contribution in [0.3, 0.4) is 0 Å². The fourth-order valence-electron chi connectivity index (χ4n) is 3.54. The smallest absolute Gasteiger partial charge is 0.339 e. The van der Waals surface area contributed by atoms with Gasteiger partial charge in [0.25, 0.3) is 0 Å². The zero-order valence-electron chi connectivity index (χ0n) is 17.5. The number of benzene rings is 2. The summed E-state index contributed by atoms with van der Waals surface area (Å²) in [6, 6.07) is 11.8. The van der Waals surface area contributed by atoms with Crippen molar-refractivity contribution in [3.63, 3.8) is 0 Å². The zero-order valence-corrected chi connectivity index (χ0v) is 20.7. The molecule has 32 heavy (non-hydrogen) atoms. The Bertz CT molecular complexity index is 1100. The molecule has 0 bridgehead atoms. The topological polar surface area (TPSA) is 92.8 Å². The molecular formula is C22H24BrClN2O5S. The second-order valence-corrected chi connectivity index (χ2v) is 10.8. The summed E-state index contributed by atoms with van der Waals surface area (Å²) in [7, 11) is -3.47. The summed E-state index contributed by atoms with van der Waals surface area (Å²) in [4.78, 5) is 24.7. The maximum Gasteiger partial charge on any atom is 0.339 e. The van der Waals surface area contributed by atoms with Gasteiger partial charge < -0.3 is 10.1 Å². The fraction of sp³-hybridized carbons (Fsp3) is 0.364. The number of piperidine rings is 1. The molecule has 0 unspecified atom stereocenters. The van der Waals surface area contributed by atoms with E-state index in [1.54, 1.807) is 31.2 Å². The van der Waals surface area contributed by atoms with Crippen LogP contribution in [-0.4, -0.2) is 44.3 Å². The van der Waals surface area contributed by atoms with Gasteiger partial charge in [0.15, 0.2) is 0 Å². The van der Waals surface area contributed by atoms with Crippen LogP contribution in [0.4, 0.5) is 5.69 Å². The number of nitrogens with zero attached hydrogens (tertiary/aromatic N) is 1. The van der Waals surface area contributed by atoms with Gasteiger partial charge in [-0.1, -0.05) is 39.7 Å². The number of esters is 1. The Balaban J connectivity index is 1.59. The van der Waals surface area contributed by atoms with E-state index in [1.807, 2.05) is 6.07 Å². The molecule has 2 aromatic carbocycles. The third-order valence-corrected chi connectivity index (χ3v) is 7.86. The maximum absolute atomic E-state index is 12.8. The number of nitrogens with one attached hydrogen (secondary N) is 1. The van der Waals surface area contributed by atoms with E-state index >= 15 is 0 Å². The lowest BCUT2D eigenvalue weighted by Crippen LogP contribution is -2.41. The predicted octanol–water partition coefficient (Wildman–Crippen LogP) is 4.46. The van der Waals surface area contributed by atoms with Crippen LogP contribution in [-0.2, 0) is 25.3 Å². The van der Waals surface area contributed by atoms with E-state index in [4.69, 9.17) is 16.3 Å². The van der Waals surface area contributed by atoms with Gasteiger partial charge >= 0.3 is 5.97 Å². The van der Waals surface area contributed by atoms with Crippen molar-refractivity contribution in [2.75, 3.05) is 25.0 Å². The minimum Gasteiger partial charge on any atom is -0.462 e. The molecule has 3 rings (SSSR count). The van der Waals surface area contributed by atoms with Gasteiger partial charge in [-0.05, 0) is 55.7 Å². The van der Waals surface area contributed by atoms with E-state index in [0.717, 1.165) is 4.47 Å². The second kappa shape index (κ2) is 10.8. The third kappa shape index (κ3) is 6.31. The maximum atomic E-state index is 12.8. The number of carbonyl (C=O) groups is 2. The van der Waals surface area contributed by atoms with Gasteiger partial charge in [0.1, 0.15) is 0 Å². The predicted molar refractivity (Wildman–Crippen MR) is 127 cm³/mol. The quantitative estimate of drug-likeness (QED) is 0.521. The Labute approximate surface area is 201 Å². The standard InChI is InChI=1S/C22H24BrClN2O5S/c1-2-31-22(28)19-13-18(6-7-20(19)24)25-21(27)16-8-10-26(11-9-16)32(29,30)14-15-4-3-5-17(23)12-15/h3-7,12-13,16H,2,8-11,14H2,1H3,(H,25,27). The number of halogens is 2. The highest BCUT2D eigenvalue weighted by Gasteiger charge is 2.31. The van der Waals surface area contributed by atoms with Crippen molar-refractivity contribution in [2.24, 2.45) is 5.92 Å². The Morgan fingerprint density at radius 1 is 1.19 bits per heavy atom. The Morgan fingerprint density at radius 2 is 1.91 bits per heavy atom. The van der Waals surface area contributed by atoms with E-state index in [1.165, 1.54) is 16.4 Å². The molecule has 0 aliphatic carbocycles. The minimum absolute atomic E-state index is 0.0787. The van der Waals surface area contributed by atoms with Gasteiger partial charge in [-0.3, -0.25) is 4.79 Å². The normalized spacial score (nSPS) is 15.3. The van der Waals surface area contributed by atoms with Crippen LogP contribution in [0.5, 0.6) is 0 Å². The first-order valence-electron chi connectivity index (χ1n) is 10.2. The summed E-state index contributed by atoms with van der Waals surface area (Å²) in [5.41, 5.74) is 1.33. The number of sulfonamides is 1. The molecule has 7 nitrogen and oxygen atoms in total. The van der Waals surface area contributed by atoms with Gasteiger partial charge in [-0.15, -0.1) is 0 Å². The van der Waals surface area contributed by atoms with Gasteiger partial charge in [-0.25, -0.2) is 17.5 Å². The molecule has 0 radical (unpaired) electrons. The van der Waals surface area contributed by atoms with E-state index < -0.39 is 16.0 Å². The summed E-state index contributed by atoms with van der Waals surface area (Å²) < 4.78 is 32.8. The molecule has 172 valence electrons. The molecule has 0 atom stereocenters. The molecule has 1 N–H and O–H groups in total. The second-order valence-electron chi connectivity index (χ2n) is 7.46. The average molecular weight is 544 g/mol. The molecule has 2 aromatic rings. The van der Waals surface area contributed by atoms with Gasteiger partial charge in [0.2, 0.25) is 15.9 Å². The van der Waals surface area contributed by atoms with Crippen LogP contribution in [0.1, 0.15) is 35.7 Å². The van der Waals surface area contributed by atoms with Crippen LogP contribution in [0.25, 0.3) is 0 Å². The Hall–Kier alpha value is -1.94. The number of anilines is 1. The van der Waals surface area contributed by atoms with Crippen LogP contribution in [0, 0.1) is 5.92 Å². The number of ether oxygens (including phenoxy) is 1. The molecule has 1 aliphatic heterocycles. The summed E-state index contributed by atoms with van der Waals surface area (Å²) >= 11 is 9.41. The average Bonchev–Trinajstić information content (AvgIpc) is 2.75. The summed E-state index contributed by atoms with van der Waals surface area (Å²) in [6.45, 7) is 2.48. The lowest BCUT2D eigenvalue weighted by Gasteiger charge is -2.30. The Morgan fingerprint density at radius 3 is 2.56 bits per heavy atom. The lowest BCUT2D eigenvalue weighted by atomic mass is 9.97. The van der Waals surface area contributed by atoms with E-state index in [0.29, 0.717) is 24.1 Å². The zero-order chi connectivity index (χ0) is 23.3. The van der Waals surface area contributed by atoms with E-state index in [-0.39, 0.29) is 47.9 Å². The monoisotopic (exact) mass is 542 g/mol. The molecule has 0 spiro atoms. The molecule has 1 heterocycles. The largest absolute Gasteiger partial charge is 0.462 e. The lowest BCUT2D eigenvalue weighted by molar-refractivity contribution is -0.120. The first-order valence-corrected chi connectivity index (χ1v) is 13.0. The number of amides is 1. The Kier molecular flexibility index (Phi) is 8.32. The van der Waals surface area contributed by atoms with E-state index in [2.05, 4.69) is 21.2 Å². The first kappa shape index (κ1) is 24.7.